The van der Waals surface area contributed by atoms with Crippen LogP contribution < -0.4 is 11.1 Å². The van der Waals surface area contributed by atoms with Gasteiger partial charge in [0.2, 0.25) is 0 Å². The Hall–Kier alpha value is -0.610. The molecule has 0 aliphatic rings. The minimum absolute atomic E-state index is 0.803. The Bertz CT molecular complexity index is 186. The summed E-state index contributed by atoms with van der Waals surface area (Å²) in [6.45, 7) is 1.81. The first-order chi connectivity index (χ1) is 5.93. The summed E-state index contributed by atoms with van der Waals surface area (Å²) in [7, 11) is 0. The zero-order valence-corrected chi connectivity index (χ0v) is 7.94. The summed E-state index contributed by atoms with van der Waals surface area (Å²) in [5.41, 5.74) is 5.37. The maximum atomic E-state index is 5.37. The molecule has 0 aromatic carbocycles. The molecular weight excluding hydrogens is 170 g/mol. The second kappa shape index (κ2) is 5.97. The first-order valence-corrected chi connectivity index (χ1v) is 5.15. The van der Waals surface area contributed by atoms with E-state index in [1.807, 2.05) is 11.6 Å². The fourth-order valence-corrected chi connectivity index (χ4v) is 1.51. The number of rotatable bonds is 6. The summed E-state index contributed by atoms with van der Waals surface area (Å²) in [6, 6.07) is 0. The zero-order chi connectivity index (χ0) is 8.65. The van der Waals surface area contributed by atoms with E-state index in [0.717, 1.165) is 24.6 Å². The number of aromatic nitrogens is 1. The molecule has 1 heterocycles. The lowest BCUT2D eigenvalue weighted by Crippen LogP contribution is -2.03. The normalized spacial score (nSPS) is 10.1. The molecule has 3 N–H and O–H groups in total. The monoisotopic (exact) mass is 185 g/mol. The van der Waals surface area contributed by atoms with Gasteiger partial charge in [0.05, 0.1) is 0 Å². The number of anilines is 1. The highest BCUT2D eigenvalue weighted by molar-refractivity contribution is 7.13. The van der Waals surface area contributed by atoms with Crippen LogP contribution in [0.4, 0.5) is 5.13 Å². The Balaban J connectivity index is 1.96. The highest BCUT2D eigenvalue weighted by atomic mass is 32.1. The van der Waals surface area contributed by atoms with Crippen molar-refractivity contribution in [3.05, 3.63) is 11.6 Å². The molecule has 0 spiro atoms. The fraction of sp³-hybridized carbons (Fsp3) is 0.625. The third-order valence-electron chi connectivity index (χ3n) is 1.59. The van der Waals surface area contributed by atoms with E-state index in [2.05, 4.69) is 10.3 Å². The van der Waals surface area contributed by atoms with Gasteiger partial charge in [-0.1, -0.05) is 6.42 Å². The predicted octanol–water partition coefficient (Wildman–Crippen LogP) is 1.68. The molecule has 0 amide bonds. The molecule has 0 fully saturated rings. The van der Waals surface area contributed by atoms with Crippen molar-refractivity contribution < 1.29 is 0 Å². The van der Waals surface area contributed by atoms with Crippen LogP contribution in [0.15, 0.2) is 11.6 Å². The molecule has 0 aliphatic carbocycles. The summed E-state index contributed by atoms with van der Waals surface area (Å²) in [4.78, 5) is 4.12. The Labute approximate surface area is 77.0 Å². The van der Waals surface area contributed by atoms with E-state index in [0.29, 0.717) is 0 Å². The zero-order valence-electron chi connectivity index (χ0n) is 7.12. The van der Waals surface area contributed by atoms with Gasteiger partial charge in [-0.25, -0.2) is 4.98 Å². The summed E-state index contributed by atoms with van der Waals surface area (Å²) in [6.07, 6.45) is 5.32. The van der Waals surface area contributed by atoms with Crippen molar-refractivity contribution in [2.75, 3.05) is 18.4 Å². The minimum atomic E-state index is 0.803. The third-order valence-corrected chi connectivity index (χ3v) is 2.32. The van der Waals surface area contributed by atoms with Crippen molar-refractivity contribution in [2.45, 2.75) is 19.3 Å². The van der Waals surface area contributed by atoms with Crippen LogP contribution in [0, 0.1) is 0 Å². The lowest BCUT2D eigenvalue weighted by atomic mass is 10.2. The van der Waals surface area contributed by atoms with E-state index >= 15 is 0 Å². The van der Waals surface area contributed by atoms with Gasteiger partial charge in [-0.15, -0.1) is 11.3 Å². The van der Waals surface area contributed by atoms with E-state index < -0.39 is 0 Å². The molecular formula is C8H15N3S. The van der Waals surface area contributed by atoms with E-state index in [9.17, 15) is 0 Å². The Kier molecular flexibility index (Phi) is 4.71. The highest BCUT2D eigenvalue weighted by Crippen LogP contribution is 2.09. The van der Waals surface area contributed by atoms with Crippen molar-refractivity contribution in [1.82, 2.24) is 4.98 Å². The number of nitrogens with one attached hydrogen (secondary N) is 1. The van der Waals surface area contributed by atoms with E-state index in [1.165, 1.54) is 12.8 Å². The van der Waals surface area contributed by atoms with Crippen LogP contribution in [-0.4, -0.2) is 18.1 Å². The second-order valence-corrected chi connectivity index (χ2v) is 3.51. The number of unbranched alkanes of at least 4 members (excludes halogenated alkanes) is 2. The standard InChI is InChI=1S/C8H15N3S/c9-4-2-1-3-5-10-8-11-6-7-12-8/h6-7H,1-5,9H2,(H,10,11). The second-order valence-electron chi connectivity index (χ2n) is 2.61. The van der Waals surface area contributed by atoms with Crippen LogP contribution in [0.5, 0.6) is 0 Å². The molecule has 0 radical (unpaired) electrons. The predicted molar refractivity (Wildman–Crippen MR) is 53.5 cm³/mol. The number of nitrogens with zero attached hydrogens (tertiary/aromatic N) is 1. The molecule has 4 heteroatoms. The van der Waals surface area contributed by atoms with Gasteiger partial charge < -0.3 is 11.1 Å². The molecule has 0 aliphatic heterocycles. The first kappa shape index (κ1) is 9.48. The van der Waals surface area contributed by atoms with Crippen LogP contribution in [0.3, 0.4) is 0 Å². The molecule has 3 nitrogen and oxygen atoms in total. The van der Waals surface area contributed by atoms with Gasteiger partial charge >= 0.3 is 0 Å². The van der Waals surface area contributed by atoms with Crippen molar-refractivity contribution >= 4 is 16.5 Å². The van der Waals surface area contributed by atoms with Crippen molar-refractivity contribution in [3.63, 3.8) is 0 Å². The summed E-state index contributed by atoms with van der Waals surface area (Å²) in [5.74, 6) is 0. The van der Waals surface area contributed by atoms with Crippen LogP contribution in [0.25, 0.3) is 0 Å². The summed E-state index contributed by atoms with van der Waals surface area (Å²) >= 11 is 1.64. The lowest BCUT2D eigenvalue weighted by molar-refractivity contribution is 0.707. The average Bonchev–Trinajstić information content (AvgIpc) is 2.57. The highest BCUT2D eigenvalue weighted by Gasteiger charge is 1.92. The Morgan fingerprint density at radius 3 is 3.00 bits per heavy atom. The molecule has 12 heavy (non-hydrogen) atoms. The molecule has 0 unspecified atom stereocenters. The number of hydrogen-bond acceptors (Lipinski definition) is 4. The third kappa shape index (κ3) is 3.69. The van der Waals surface area contributed by atoms with Gasteiger partial charge in [-0.2, -0.15) is 0 Å². The summed E-state index contributed by atoms with van der Waals surface area (Å²) < 4.78 is 0. The van der Waals surface area contributed by atoms with Gasteiger partial charge in [0.15, 0.2) is 5.13 Å². The topological polar surface area (TPSA) is 50.9 Å². The van der Waals surface area contributed by atoms with Gasteiger partial charge in [-0.05, 0) is 19.4 Å². The summed E-state index contributed by atoms with van der Waals surface area (Å²) in [5, 5.41) is 6.24. The fourth-order valence-electron chi connectivity index (χ4n) is 0.952. The van der Waals surface area contributed by atoms with Crippen LogP contribution in [0.1, 0.15) is 19.3 Å². The Morgan fingerprint density at radius 1 is 1.42 bits per heavy atom. The van der Waals surface area contributed by atoms with Crippen molar-refractivity contribution in [2.24, 2.45) is 5.73 Å². The van der Waals surface area contributed by atoms with E-state index in [-0.39, 0.29) is 0 Å². The maximum Gasteiger partial charge on any atom is 0.182 e. The van der Waals surface area contributed by atoms with Gasteiger partial charge in [0, 0.05) is 18.1 Å². The van der Waals surface area contributed by atoms with E-state index in [4.69, 9.17) is 5.73 Å². The minimum Gasteiger partial charge on any atom is -0.362 e. The maximum absolute atomic E-state index is 5.37. The molecule has 0 atom stereocenters. The molecule has 0 bridgehead atoms. The smallest absolute Gasteiger partial charge is 0.182 e. The van der Waals surface area contributed by atoms with Gasteiger partial charge in [-0.3, -0.25) is 0 Å². The Morgan fingerprint density at radius 2 is 2.33 bits per heavy atom. The quantitative estimate of drug-likeness (QED) is 0.663. The first-order valence-electron chi connectivity index (χ1n) is 4.27. The number of nitrogens with two attached hydrogens (primary N) is 1. The van der Waals surface area contributed by atoms with Crippen molar-refractivity contribution in [3.8, 4) is 0 Å². The van der Waals surface area contributed by atoms with Gasteiger partial charge in [0.1, 0.15) is 0 Å². The molecule has 1 rings (SSSR count). The largest absolute Gasteiger partial charge is 0.362 e. The van der Waals surface area contributed by atoms with Crippen LogP contribution in [-0.2, 0) is 0 Å². The van der Waals surface area contributed by atoms with Crippen molar-refractivity contribution in [1.29, 1.82) is 0 Å². The molecule has 0 saturated heterocycles. The molecule has 0 saturated carbocycles. The SMILES string of the molecule is NCCCCCNc1nccs1. The average molecular weight is 185 g/mol. The molecule has 68 valence electrons. The van der Waals surface area contributed by atoms with Crippen LogP contribution in [0.2, 0.25) is 0 Å². The van der Waals surface area contributed by atoms with Crippen LogP contribution >= 0.6 is 11.3 Å². The van der Waals surface area contributed by atoms with E-state index in [1.54, 1.807) is 11.3 Å². The van der Waals surface area contributed by atoms with Gasteiger partial charge in [0.25, 0.3) is 0 Å². The lowest BCUT2D eigenvalue weighted by Gasteiger charge is -2.00. The molecule has 1 aromatic rings. The number of thiazole rings is 1. The number of hydrogen-bond donors (Lipinski definition) is 2. The molecule has 1 aromatic heterocycles.